The molecule has 1 amide bonds. The molecule has 0 spiro atoms. The molecule has 0 radical (unpaired) electrons. The summed E-state index contributed by atoms with van der Waals surface area (Å²) in [6, 6.07) is 14.7. The van der Waals surface area contributed by atoms with Crippen LogP contribution in [0.15, 0.2) is 48.5 Å². The Balaban J connectivity index is 1.39. The van der Waals surface area contributed by atoms with Crippen molar-refractivity contribution < 1.29 is 13.9 Å². The average Bonchev–Trinajstić information content (AvgIpc) is 2.70. The van der Waals surface area contributed by atoms with Crippen LogP contribution in [-0.2, 0) is 11.2 Å². The Kier molecular flexibility index (Phi) is 6.65. The second-order valence-electron chi connectivity index (χ2n) is 6.66. The lowest BCUT2D eigenvalue weighted by atomic mass is 10.1. The van der Waals surface area contributed by atoms with Crippen LogP contribution in [0.5, 0.6) is 5.75 Å². The van der Waals surface area contributed by atoms with Crippen LogP contribution < -0.4 is 15.0 Å². The third-order valence-electron chi connectivity index (χ3n) is 4.83. The highest BCUT2D eigenvalue weighted by molar-refractivity contribution is 5.78. The van der Waals surface area contributed by atoms with Crippen LogP contribution in [0.1, 0.15) is 5.56 Å². The molecule has 1 saturated heterocycles. The van der Waals surface area contributed by atoms with E-state index in [1.54, 1.807) is 19.2 Å². The first-order chi connectivity index (χ1) is 13.2. The summed E-state index contributed by atoms with van der Waals surface area (Å²) in [5.74, 6) is 0.616. The Morgan fingerprint density at radius 1 is 1.11 bits per heavy atom. The van der Waals surface area contributed by atoms with Gasteiger partial charge in [0.2, 0.25) is 5.91 Å². The smallest absolute Gasteiger partial charge is 0.234 e. The molecule has 27 heavy (non-hydrogen) atoms. The SMILES string of the molecule is COc1cccc(N2CCN(CC(=O)NCCc3ccccc3F)CC2)c1. The molecule has 0 atom stereocenters. The van der Waals surface area contributed by atoms with Crippen molar-refractivity contribution in [2.75, 3.05) is 51.3 Å². The van der Waals surface area contributed by atoms with Gasteiger partial charge in [-0.15, -0.1) is 0 Å². The molecule has 144 valence electrons. The first-order valence-corrected chi connectivity index (χ1v) is 9.27. The molecule has 0 aromatic heterocycles. The summed E-state index contributed by atoms with van der Waals surface area (Å²) in [6.07, 6.45) is 0.502. The van der Waals surface area contributed by atoms with Crippen LogP contribution >= 0.6 is 0 Å². The number of hydrogen-bond donors (Lipinski definition) is 1. The topological polar surface area (TPSA) is 44.8 Å². The highest BCUT2D eigenvalue weighted by Gasteiger charge is 2.19. The number of methoxy groups -OCH3 is 1. The second kappa shape index (κ2) is 9.37. The predicted molar refractivity (Wildman–Crippen MR) is 105 cm³/mol. The number of halogens is 1. The van der Waals surface area contributed by atoms with Crippen molar-refractivity contribution in [1.29, 1.82) is 0 Å². The lowest BCUT2D eigenvalue weighted by molar-refractivity contribution is -0.122. The van der Waals surface area contributed by atoms with E-state index in [0.717, 1.165) is 37.6 Å². The number of nitrogens with zero attached hydrogens (tertiary/aromatic N) is 2. The Labute approximate surface area is 159 Å². The molecular formula is C21H26FN3O2. The van der Waals surface area contributed by atoms with Crippen molar-refractivity contribution in [3.8, 4) is 5.75 Å². The van der Waals surface area contributed by atoms with Crippen molar-refractivity contribution in [2.24, 2.45) is 0 Å². The molecule has 6 heteroatoms. The molecule has 0 bridgehead atoms. The zero-order chi connectivity index (χ0) is 19.1. The van der Waals surface area contributed by atoms with Crippen molar-refractivity contribution in [1.82, 2.24) is 10.2 Å². The zero-order valence-electron chi connectivity index (χ0n) is 15.7. The minimum atomic E-state index is -0.222. The highest BCUT2D eigenvalue weighted by Crippen LogP contribution is 2.22. The van der Waals surface area contributed by atoms with Gasteiger partial charge in [-0.1, -0.05) is 24.3 Å². The maximum Gasteiger partial charge on any atom is 0.234 e. The number of piperazine rings is 1. The average molecular weight is 371 g/mol. The predicted octanol–water partition coefficient (Wildman–Crippen LogP) is 2.32. The van der Waals surface area contributed by atoms with Gasteiger partial charge in [0.25, 0.3) is 0 Å². The fourth-order valence-corrected chi connectivity index (χ4v) is 3.27. The number of benzene rings is 2. The van der Waals surface area contributed by atoms with Gasteiger partial charge in [-0.2, -0.15) is 0 Å². The third kappa shape index (κ3) is 5.44. The van der Waals surface area contributed by atoms with E-state index in [2.05, 4.69) is 21.2 Å². The van der Waals surface area contributed by atoms with Gasteiger partial charge in [-0.25, -0.2) is 4.39 Å². The number of carbonyl (C=O) groups excluding carboxylic acids is 1. The van der Waals surface area contributed by atoms with Gasteiger partial charge >= 0.3 is 0 Å². The van der Waals surface area contributed by atoms with Crippen LogP contribution in [0.3, 0.4) is 0 Å². The van der Waals surface area contributed by atoms with E-state index >= 15 is 0 Å². The second-order valence-corrected chi connectivity index (χ2v) is 6.66. The van der Waals surface area contributed by atoms with E-state index in [-0.39, 0.29) is 11.7 Å². The normalized spacial score (nSPS) is 14.8. The summed E-state index contributed by atoms with van der Waals surface area (Å²) < 4.78 is 18.9. The van der Waals surface area contributed by atoms with E-state index in [1.807, 2.05) is 24.3 Å². The zero-order valence-corrected chi connectivity index (χ0v) is 15.7. The number of carbonyl (C=O) groups is 1. The van der Waals surface area contributed by atoms with E-state index in [1.165, 1.54) is 6.07 Å². The molecule has 0 aliphatic carbocycles. The van der Waals surface area contributed by atoms with Gasteiger partial charge in [0.1, 0.15) is 11.6 Å². The standard InChI is InChI=1S/C21H26FN3O2/c1-27-19-7-4-6-18(15-19)25-13-11-24(12-14-25)16-21(26)23-10-9-17-5-2-3-8-20(17)22/h2-8,15H,9-14,16H2,1H3,(H,23,26). The largest absolute Gasteiger partial charge is 0.497 e. The third-order valence-corrected chi connectivity index (χ3v) is 4.83. The number of ether oxygens (including phenoxy) is 1. The maximum absolute atomic E-state index is 13.6. The molecule has 1 aliphatic heterocycles. The van der Waals surface area contributed by atoms with Crippen LogP contribution in [0.2, 0.25) is 0 Å². The molecule has 2 aromatic rings. The van der Waals surface area contributed by atoms with Crippen molar-refractivity contribution in [3.63, 3.8) is 0 Å². The summed E-state index contributed by atoms with van der Waals surface area (Å²) >= 11 is 0. The van der Waals surface area contributed by atoms with E-state index < -0.39 is 0 Å². The van der Waals surface area contributed by atoms with Crippen LogP contribution in [0, 0.1) is 5.82 Å². The van der Waals surface area contributed by atoms with Crippen molar-refractivity contribution >= 4 is 11.6 Å². The quantitative estimate of drug-likeness (QED) is 0.811. The molecular weight excluding hydrogens is 345 g/mol. The molecule has 1 heterocycles. The molecule has 3 rings (SSSR count). The van der Waals surface area contributed by atoms with Gasteiger partial charge in [-0.3, -0.25) is 9.69 Å². The van der Waals surface area contributed by atoms with Crippen molar-refractivity contribution in [2.45, 2.75) is 6.42 Å². The summed E-state index contributed by atoms with van der Waals surface area (Å²) in [5, 5.41) is 2.89. The Hall–Kier alpha value is -2.60. The Morgan fingerprint density at radius 3 is 2.63 bits per heavy atom. The van der Waals surface area contributed by atoms with E-state index in [0.29, 0.717) is 25.1 Å². The van der Waals surface area contributed by atoms with Gasteiger partial charge in [0.15, 0.2) is 0 Å². The highest BCUT2D eigenvalue weighted by atomic mass is 19.1. The molecule has 0 unspecified atom stereocenters. The number of rotatable bonds is 7. The lowest BCUT2D eigenvalue weighted by Gasteiger charge is -2.35. The summed E-state index contributed by atoms with van der Waals surface area (Å²) in [7, 11) is 1.67. The van der Waals surface area contributed by atoms with Gasteiger partial charge < -0.3 is 15.0 Å². The fourth-order valence-electron chi connectivity index (χ4n) is 3.27. The molecule has 0 saturated carbocycles. The molecule has 1 fully saturated rings. The first-order valence-electron chi connectivity index (χ1n) is 9.27. The number of nitrogens with one attached hydrogen (secondary N) is 1. The minimum absolute atomic E-state index is 0.0128. The summed E-state index contributed by atoms with van der Waals surface area (Å²) in [4.78, 5) is 16.6. The van der Waals surface area contributed by atoms with Gasteiger partial charge in [0.05, 0.1) is 13.7 Å². The first kappa shape index (κ1) is 19.2. The number of hydrogen-bond acceptors (Lipinski definition) is 4. The Morgan fingerprint density at radius 2 is 1.89 bits per heavy atom. The summed E-state index contributed by atoms with van der Waals surface area (Å²) in [5.41, 5.74) is 1.77. The van der Waals surface area contributed by atoms with Crippen LogP contribution in [0.25, 0.3) is 0 Å². The van der Waals surface area contributed by atoms with Crippen LogP contribution in [-0.4, -0.2) is 57.2 Å². The maximum atomic E-state index is 13.6. The van der Waals surface area contributed by atoms with E-state index in [4.69, 9.17) is 4.74 Å². The Bertz CT molecular complexity index is 761. The minimum Gasteiger partial charge on any atom is -0.497 e. The monoisotopic (exact) mass is 371 g/mol. The molecule has 1 aliphatic rings. The molecule has 1 N–H and O–H groups in total. The van der Waals surface area contributed by atoms with E-state index in [9.17, 15) is 9.18 Å². The van der Waals surface area contributed by atoms with Crippen molar-refractivity contribution in [3.05, 3.63) is 59.9 Å². The van der Waals surface area contributed by atoms with Gasteiger partial charge in [-0.05, 0) is 30.2 Å². The summed E-state index contributed by atoms with van der Waals surface area (Å²) in [6.45, 7) is 4.23. The molecule has 5 nitrogen and oxygen atoms in total. The number of anilines is 1. The van der Waals surface area contributed by atoms with Gasteiger partial charge in [0, 0.05) is 44.5 Å². The number of amides is 1. The fraction of sp³-hybridized carbons (Fsp3) is 0.381. The molecule has 2 aromatic carbocycles. The lowest BCUT2D eigenvalue weighted by Crippen LogP contribution is -2.49. The van der Waals surface area contributed by atoms with Crippen LogP contribution in [0.4, 0.5) is 10.1 Å².